The summed E-state index contributed by atoms with van der Waals surface area (Å²) in [5.74, 6) is 0.590. The number of Topliss-reactive ketones (excluding diaryl/α,β-unsaturated/α-hetero) is 1. The fraction of sp³-hybridized carbons (Fsp3) is 0.200. The van der Waals surface area contributed by atoms with Crippen LogP contribution in [0.2, 0.25) is 0 Å². The van der Waals surface area contributed by atoms with E-state index in [-0.39, 0.29) is 23.9 Å². The van der Waals surface area contributed by atoms with Gasteiger partial charge in [0.15, 0.2) is 22.4 Å². The van der Waals surface area contributed by atoms with Crippen LogP contribution in [0, 0.1) is 0 Å². The van der Waals surface area contributed by atoms with Gasteiger partial charge in [0, 0.05) is 12.0 Å². The van der Waals surface area contributed by atoms with Crippen molar-refractivity contribution in [1.82, 2.24) is 5.32 Å². The second kappa shape index (κ2) is 9.24. The molecule has 1 aliphatic heterocycles. The number of hydrogen-bond acceptors (Lipinski definition) is 8. The number of nitrogens with zero attached hydrogens (tertiary/aromatic N) is 2. The van der Waals surface area contributed by atoms with E-state index in [9.17, 15) is 14.7 Å². The standard InChI is InChI=1S/C20H19N3O5S/c1-27-14-6-4-13(5-7-14)16(25)10-18-19(26)22-20(29-18)23-21-11-12-3-8-15(24)17(9-12)28-2/h3-9,11,18,24H,10H2,1-2H3,(H,22,23,26)/b21-11+. The summed E-state index contributed by atoms with van der Waals surface area (Å²) < 4.78 is 10.1. The van der Waals surface area contributed by atoms with Crippen molar-refractivity contribution >= 4 is 34.8 Å². The normalized spacial score (nSPS) is 17.5. The molecule has 150 valence electrons. The summed E-state index contributed by atoms with van der Waals surface area (Å²) in [5.41, 5.74) is 1.19. The fourth-order valence-electron chi connectivity index (χ4n) is 2.57. The summed E-state index contributed by atoms with van der Waals surface area (Å²) in [7, 11) is 3.01. The number of phenolic OH excluding ortho intramolecular Hbond substituents is 1. The van der Waals surface area contributed by atoms with E-state index >= 15 is 0 Å². The molecule has 2 aromatic rings. The quantitative estimate of drug-likeness (QED) is 0.410. The molecule has 0 radical (unpaired) electrons. The van der Waals surface area contributed by atoms with E-state index in [0.29, 0.717) is 27.8 Å². The third-order valence-corrected chi connectivity index (χ3v) is 5.19. The van der Waals surface area contributed by atoms with Gasteiger partial charge < -0.3 is 19.9 Å². The van der Waals surface area contributed by atoms with Gasteiger partial charge in [-0.15, -0.1) is 5.10 Å². The maximum absolute atomic E-state index is 12.4. The lowest BCUT2D eigenvalue weighted by atomic mass is 10.1. The van der Waals surface area contributed by atoms with Crippen molar-refractivity contribution in [2.45, 2.75) is 11.7 Å². The van der Waals surface area contributed by atoms with Crippen LogP contribution in [-0.4, -0.2) is 47.6 Å². The van der Waals surface area contributed by atoms with Crippen LogP contribution in [-0.2, 0) is 4.79 Å². The molecule has 3 rings (SSSR count). The minimum absolute atomic E-state index is 0.0268. The number of carbonyl (C=O) groups is 2. The Kier molecular flexibility index (Phi) is 6.50. The first-order valence-corrected chi connectivity index (χ1v) is 9.51. The summed E-state index contributed by atoms with van der Waals surface area (Å²) in [6.45, 7) is 0. The molecule has 9 heteroatoms. The molecule has 1 atom stereocenters. The van der Waals surface area contributed by atoms with Crippen molar-refractivity contribution in [2.24, 2.45) is 10.2 Å². The molecule has 1 aliphatic rings. The van der Waals surface area contributed by atoms with Gasteiger partial charge in [-0.05, 0) is 48.0 Å². The van der Waals surface area contributed by atoms with Gasteiger partial charge in [-0.3, -0.25) is 9.59 Å². The molecule has 1 fully saturated rings. The van der Waals surface area contributed by atoms with Crippen molar-refractivity contribution in [2.75, 3.05) is 14.2 Å². The van der Waals surface area contributed by atoms with Crippen molar-refractivity contribution in [3.8, 4) is 17.2 Å². The highest BCUT2D eigenvalue weighted by atomic mass is 32.2. The first-order valence-electron chi connectivity index (χ1n) is 8.63. The van der Waals surface area contributed by atoms with Crippen molar-refractivity contribution in [3.63, 3.8) is 0 Å². The van der Waals surface area contributed by atoms with E-state index in [4.69, 9.17) is 9.47 Å². The van der Waals surface area contributed by atoms with Crippen LogP contribution in [0.15, 0.2) is 52.7 Å². The van der Waals surface area contributed by atoms with Crippen LogP contribution < -0.4 is 14.8 Å². The molecule has 1 saturated heterocycles. The number of phenols is 1. The molecule has 29 heavy (non-hydrogen) atoms. The lowest BCUT2D eigenvalue weighted by Crippen LogP contribution is -2.26. The second-order valence-corrected chi connectivity index (χ2v) is 7.22. The number of carbonyl (C=O) groups excluding carboxylic acids is 2. The van der Waals surface area contributed by atoms with E-state index in [1.807, 2.05) is 0 Å². The number of amides is 1. The number of nitrogens with one attached hydrogen (secondary N) is 1. The summed E-state index contributed by atoms with van der Waals surface area (Å²) >= 11 is 1.16. The Balaban J connectivity index is 1.61. The molecular weight excluding hydrogens is 394 g/mol. The van der Waals surface area contributed by atoms with Crippen LogP contribution in [0.4, 0.5) is 0 Å². The highest BCUT2D eigenvalue weighted by Crippen LogP contribution is 2.26. The topological polar surface area (TPSA) is 110 Å². The number of ketones is 1. The summed E-state index contributed by atoms with van der Waals surface area (Å²) in [5, 5.41) is 19.9. The SMILES string of the molecule is COc1ccc(C(=O)CC2S/C(=N\N=C\c3ccc(O)c(OC)c3)NC2=O)cc1. The number of benzene rings is 2. The number of ether oxygens (including phenoxy) is 2. The molecule has 0 bridgehead atoms. The predicted molar refractivity (Wildman–Crippen MR) is 111 cm³/mol. The zero-order valence-corrected chi connectivity index (χ0v) is 16.6. The smallest absolute Gasteiger partial charge is 0.240 e. The van der Waals surface area contributed by atoms with Crippen LogP contribution in [0.25, 0.3) is 0 Å². The summed E-state index contributed by atoms with van der Waals surface area (Å²) in [6, 6.07) is 11.5. The minimum Gasteiger partial charge on any atom is -0.504 e. The number of rotatable bonds is 7. The number of amidine groups is 1. The molecule has 0 aromatic heterocycles. The van der Waals surface area contributed by atoms with Crippen molar-refractivity contribution < 1.29 is 24.2 Å². The van der Waals surface area contributed by atoms with Crippen molar-refractivity contribution in [1.29, 1.82) is 0 Å². The van der Waals surface area contributed by atoms with Crippen LogP contribution >= 0.6 is 11.8 Å². The molecular formula is C20H19N3O5S. The molecule has 1 amide bonds. The van der Waals surface area contributed by atoms with Gasteiger partial charge >= 0.3 is 0 Å². The minimum atomic E-state index is -0.563. The Labute approximate surface area is 171 Å². The van der Waals surface area contributed by atoms with Crippen LogP contribution in [0.5, 0.6) is 17.2 Å². The number of methoxy groups -OCH3 is 2. The maximum atomic E-state index is 12.4. The highest BCUT2D eigenvalue weighted by molar-refractivity contribution is 8.15. The fourth-order valence-corrected chi connectivity index (χ4v) is 3.50. The van der Waals surface area contributed by atoms with E-state index in [1.54, 1.807) is 43.5 Å². The summed E-state index contributed by atoms with van der Waals surface area (Å²) in [4.78, 5) is 24.5. The van der Waals surface area contributed by atoms with E-state index in [1.165, 1.54) is 19.4 Å². The molecule has 2 aromatic carbocycles. The first kappa shape index (κ1) is 20.4. The van der Waals surface area contributed by atoms with Gasteiger partial charge in [0.1, 0.15) is 5.75 Å². The first-order chi connectivity index (χ1) is 14.0. The molecule has 0 spiro atoms. The molecule has 0 aliphatic carbocycles. The van der Waals surface area contributed by atoms with Gasteiger partial charge in [0.2, 0.25) is 5.91 Å². The molecule has 1 heterocycles. The van der Waals surface area contributed by atoms with E-state index < -0.39 is 5.25 Å². The Bertz CT molecular complexity index is 973. The van der Waals surface area contributed by atoms with E-state index in [2.05, 4.69) is 15.5 Å². The van der Waals surface area contributed by atoms with E-state index in [0.717, 1.165) is 11.8 Å². The lowest BCUT2D eigenvalue weighted by Gasteiger charge is -2.05. The zero-order valence-electron chi connectivity index (χ0n) is 15.8. The van der Waals surface area contributed by atoms with Gasteiger partial charge in [0.25, 0.3) is 0 Å². The van der Waals surface area contributed by atoms with Crippen LogP contribution in [0.1, 0.15) is 22.3 Å². The predicted octanol–water partition coefficient (Wildman–Crippen LogP) is 2.60. The average Bonchev–Trinajstić information content (AvgIpc) is 3.08. The Morgan fingerprint density at radius 2 is 1.97 bits per heavy atom. The average molecular weight is 413 g/mol. The third-order valence-electron chi connectivity index (χ3n) is 4.12. The number of aromatic hydroxyl groups is 1. The Morgan fingerprint density at radius 1 is 1.21 bits per heavy atom. The largest absolute Gasteiger partial charge is 0.504 e. The van der Waals surface area contributed by atoms with Crippen LogP contribution in [0.3, 0.4) is 0 Å². The monoisotopic (exact) mass is 413 g/mol. The molecule has 2 N–H and O–H groups in total. The van der Waals surface area contributed by atoms with Gasteiger partial charge in [0.05, 0.1) is 25.7 Å². The zero-order chi connectivity index (χ0) is 20.8. The third kappa shape index (κ3) is 5.14. The number of hydrogen-bond donors (Lipinski definition) is 2. The Hall–Kier alpha value is -3.33. The highest BCUT2D eigenvalue weighted by Gasteiger charge is 2.32. The summed E-state index contributed by atoms with van der Waals surface area (Å²) in [6.07, 6.45) is 1.53. The maximum Gasteiger partial charge on any atom is 0.240 e. The lowest BCUT2D eigenvalue weighted by molar-refractivity contribution is -0.118. The molecule has 8 nitrogen and oxygen atoms in total. The van der Waals surface area contributed by atoms with Gasteiger partial charge in [-0.2, -0.15) is 5.10 Å². The van der Waals surface area contributed by atoms with Crippen molar-refractivity contribution in [3.05, 3.63) is 53.6 Å². The number of thioether (sulfide) groups is 1. The Morgan fingerprint density at radius 3 is 2.66 bits per heavy atom. The molecule has 1 unspecified atom stereocenters. The molecule has 0 saturated carbocycles. The van der Waals surface area contributed by atoms with Gasteiger partial charge in [-0.25, -0.2) is 0 Å². The van der Waals surface area contributed by atoms with Gasteiger partial charge in [-0.1, -0.05) is 11.8 Å². The second-order valence-electron chi connectivity index (χ2n) is 6.03.